The Morgan fingerprint density at radius 2 is 1.02 bits per heavy atom. The zero-order chi connectivity index (χ0) is 37.0. The lowest BCUT2D eigenvalue weighted by Gasteiger charge is -2.19. The van der Waals surface area contributed by atoms with Gasteiger partial charge >= 0.3 is 0 Å². The molecule has 0 saturated carbocycles. The average Bonchev–Trinajstić information content (AvgIpc) is 3.57. The van der Waals surface area contributed by atoms with Crippen LogP contribution in [0.25, 0.3) is 98.4 Å². The van der Waals surface area contributed by atoms with Gasteiger partial charge in [0.05, 0.1) is 9.60 Å². The molecule has 0 amide bonds. The highest BCUT2D eigenvalue weighted by Gasteiger charge is 2.20. The van der Waals surface area contributed by atoms with Crippen LogP contribution in [0.2, 0.25) is 0 Å². The molecule has 218 valence electrons. The summed E-state index contributed by atoms with van der Waals surface area (Å²) in [5, 5.41) is 8.49. The van der Waals surface area contributed by atoms with Crippen LogP contribution in [0.1, 0.15) is 9.60 Å². The highest BCUT2D eigenvalue weighted by molar-refractivity contribution is 6.26. The third kappa shape index (κ3) is 3.97. The molecule has 0 aliphatic rings. The molecule has 0 bridgehead atoms. The summed E-state index contributed by atoms with van der Waals surface area (Å²) in [5.41, 5.74) is 6.35. The van der Waals surface area contributed by atoms with Crippen LogP contribution in [0.4, 0.5) is 0 Å². The highest BCUT2D eigenvalue weighted by Crippen LogP contribution is 2.47. The van der Waals surface area contributed by atoms with Gasteiger partial charge in [-0.2, -0.15) is 0 Å². The van der Waals surface area contributed by atoms with Crippen molar-refractivity contribution in [2.24, 2.45) is 0 Å². The minimum absolute atomic E-state index is 0.0587. The summed E-state index contributed by atoms with van der Waals surface area (Å²) in [6.07, 6.45) is 0. The molecule has 0 aliphatic heterocycles. The van der Waals surface area contributed by atoms with Crippen molar-refractivity contribution < 1.29 is 14.0 Å². The fourth-order valence-corrected chi connectivity index (χ4v) is 7.31. The number of benzene rings is 9. The summed E-state index contributed by atoms with van der Waals surface area (Å²) < 4.78 is 66.8. The lowest BCUT2D eigenvalue weighted by molar-refractivity contribution is 0.669. The van der Waals surface area contributed by atoms with Gasteiger partial charge in [0, 0.05) is 10.8 Å². The Labute approximate surface area is 281 Å². The SMILES string of the molecule is [2H]c1c([2H])c([2H])c2c(-c3cccc(-c4c5ccccc5c(-c5cccc6oc7cc8ccccc8cc7c56)c5ccccc45)c3)c([2H])c([2H])c([2H])c2c1[2H]. The van der Waals surface area contributed by atoms with E-state index in [1.165, 1.54) is 0 Å². The molecule has 0 atom stereocenters. The van der Waals surface area contributed by atoms with Crippen LogP contribution in [-0.2, 0) is 0 Å². The second-order valence-electron chi connectivity index (χ2n) is 11.9. The highest BCUT2D eigenvalue weighted by atomic mass is 16.3. The summed E-state index contributed by atoms with van der Waals surface area (Å²) in [6, 6.07) is 40.5. The molecule has 9 aromatic carbocycles. The summed E-state index contributed by atoms with van der Waals surface area (Å²) in [4.78, 5) is 0. The van der Waals surface area contributed by atoms with E-state index >= 15 is 0 Å². The van der Waals surface area contributed by atoms with Gasteiger partial charge in [-0.3, -0.25) is 0 Å². The normalized spacial score (nSPS) is 13.9. The Morgan fingerprint density at radius 1 is 0.383 bits per heavy atom. The maximum absolute atomic E-state index is 8.99. The van der Waals surface area contributed by atoms with Crippen LogP contribution in [-0.4, -0.2) is 0 Å². The van der Waals surface area contributed by atoms with Gasteiger partial charge in [-0.15, -0.1) is 0 Å². The van der Waals surface area contributed by atoms with E-state index in [9.17, 15) is 0 Å². The summed E-state index contributed by atoms with van der Waals surface area (Å²) >= 11 is 0. The Morgan fingerprint density at radius 3 is 1.81 bits per heavy atom. The van der Waals surface area contributed by atoms with Crippen LogP contribution < -0.4 is 0 Å². The molecule has 0 spiro atoms. The molecule has 0 saturated heterocycles. The molecule has 47 heavy (non-hydrogen) atoms. The smallest absolute Gasteiger partial charge is 0.136 e. The number of hydrogen-bond donors (Lipinski definition) is 0. The average molecular weight is 604 g/mol. The summed E-state index contributed by atoms with van der Waals surface area (Å²) in [5.74, 6) is 0. The van der Waals surface area contributed by atoms with E-state index in [0.29, 0.717) is 5.56 Å². The molecule has 0 N–H and O–H groups in total. The number of hydrogen-bond acceptors (Lipinski definition) is 1. The molecule has 1 heteroatoms. The van der Waals surface area contributed by atoms with Gasteiger partial charge in [-0.1, -0.05) is 145 Å². The monoisotopic (exact) mass is 603 g/mol. The van der Waals surface area contributed by atoms with Crippen molar-refractivity contribution in [3.63, 3.8) is 0 Å². The largest absolute Gasteiger partial charge is 0.456 e. The van der Waals surface area contributed by atoms with Crippen LogP contribution in [0.15, 0.2) is 174 Å². The first-order valence-electron chi connectivity index (χ1n) is 19.1. The Kier molecular flexibility index (Phi) is 4.34. The number of furan rings is 1. The van der Waals surface area contributed by atoms with E-state index in [2.05, 4.69) is 54.6 Å². The van der Waals surface area contributed by atoms with Gasteiger partial charge in [0.15, 0.2) is 0 Å². The predicted octanol–water partition coefficient (Wildman–Crippen LogP) is 13.2. The van der Waals surface area contributed by atoms with Crippen molar-refractivity contribution in [3.8, 4) is 33.4 Å². The standard InChI is InChI=1S/C46H28O/c1-2-14-31-28-43-41(27-30(31)13-1)46-40(24-11-25-42(46)47-43)45-38-21-7-5-19-36(38)44(37-20-6-8-22-39(37)45)33-17-9-16-32(26-33)35-23-10-15-29-12-3-4-18-34(29)35/h1-28H/i3D,4D,10D,12D,15D,18D,23D. The predicted molar refractivity (Wildman–Crippen MR) is 200 cm³/mol. The second kappa shape index (κ2) is 10.2. The van der Waals surface area contributed by atoms with Crippen molar-refractivity contribution >= 4 is 65.0 Å². The zero-order valence-electron chi connectivity index (χ0n) is 32.0. The van der Waals surface area contributed by atoms with Gasteiger partial charge in [-0.05, 0) is 101 Å². The summed E-state index contributed by atoms with van der Waals surface area (Å²) in [7, 11) is 0. The molecule has 0 fully saturated rings. The molecular weight excluding hydrogens is 569 g/mol. The van der Waals surface area contributed by atoms with Gasteiger partial charge in [-0.25, -0.2) is 0 Å². The molecule has 10 aromatic rings. The van der Waals surface area contributed by atoms with Gasteiger partial charge in [0.1, 0.15) is 11.2 Å². The maximum atomic E-state index is 8.99. The van der Waals surface area contributed by atoms with Crippen LogP contribution in [0.5, 0.6) is 0 Å². The van der Waals surface area contributed by atoms with E-state index in [1.807, 2.05) is 66.7 Å². The molecule has 10 rings (SSSR count). The van der Waals surface area contributed by atoms with Gasteiger partial charge in [0.2, 0.25) is 0 Å². The molecular formula is C46H28O. The van der Waals surface area contributed by atoms with Crippen LogP contribution in [0.3, 0.4) is 0 Å². The van der Waals surface area contributed by atoms with Crippen molar-refractivity contribution in [2.45, 2.75) is 0 Å². The molecule has 1 heterocycles. The molecule has 1 aromatic heterocycles. The molecule has 1 nitrogen and oxygen atoms in total. The van der Waals surface area contributed by atoms with E-state index in [0.717, 1.165) is 76.5 Å². The fourth-order valence-electron chi connectivity index (χ4n) is 7.31. The fraction of sp³-hybridized carbons (Fsp3) is 0. The van der Waals surface area contributed by atoms with Gasteiger partial charge < -0.3 is 4.42 Å². The number of rotatable bonds is 3. The van der Waals surface area contributed by atoms with Crippen molar-refractivity contribution in [2.75, 3.05) is 0 Å². The summed E-state index contributed by atoms with van der Waals surface area (Å²) in [6.45, 7) is 0. The van der Waals surface area contributed by atoms with Crippen molar-refractivity contribution in [3.05, 3.63) is 170 Å². The first-order valence-corrected chi connectivity index (χ1v) is 15.6. The number of fused-ring (bicyclic) bond motifs is 7. The topological polar surface area (TPSA) is 13.1 Å². The van der Waals surface area contributed by atoms with E-state index in [4.69, 9.17) is 14.0 Å². The molecule has 0 radical (unpaired) electrons. The Bertz CT molecular complexity index is 3190. The minimum atomic E-state index is -0.469. The van der Waals surface area contributed by atoms with E-state index in [1.54, 1.807) is 6.07 Å². The third-order valence-corrected chi connectivity index (χ3v) is 9.32. The second-order valence-corrected chi connectivity index (χ2v) is 11.9. The van der Waals surface area contributed by atoms with Crippen molar-refractivity contribution in [1.82, 2.24) is 0 Å². The lowest BCUT2D eigenvalue weighted by Crippen LogP contribution is -1.91. The van der Waals surface area contributed by atoms with E-state index in [-0.39, 0.29) is 46.5 Å². The Balaban J connectivity index is 1.28. The van der Waals surface area contributed by atoms with Crippen LogP contribution in [0, 0.1) is 0 Å². The quantitative estimate of drug-likeness (QED) is 0.183. The first-order chi connectivity index (χ1) is 26.2. The Hall–Kier alpha value is -6.18. The molecule has 0 aliphatic carbocycles. The van der Waals surface area contributed by atoms with E-state index < -0.39 is 12.1 Å². The minimum Gasteiger partial charge on any atom is -0.456 e. The zero-order valence-corrected chi connectivity index (χ0v) is 25.0. The first kappa shape index (κ1) is 20.0. The van der Waals surface area contributed by atoms with Gasteiger partial charge in [0.25, 0.3) is 0 Å². The molecule has 0 unspecified atom stereocenters. The maximum Gasteiger partial charge on any atom is 0.136 e. The third-order valence-electron chi connectivity index (χ3n) is 9.32. The van der Waals surface area contributed by atoms with Crippen molar-refractivity contribution in [1.29, 1.82) is 0 Å². The lowest BCUT2D eigenvalue weighted by atomic mass is 9.84. The van der Waals surface area contributed by atoms with Crippen LogP contribution >= 0.6 is 0 Å².